The minimum Gasteiger partial charge on any atom is -0.479 e. The van der Waals surface area contributed by atoms with Crippen molar-refractivity contribution in [1.29, 1.82) is 0 Å². The number of halogens is 3. The number of aromatic nitrogens is 3. The molecule has 1 aromatic heterocycles. The van der Waals surface area contributed by atoms with Gasteiger partial charge in [0.15, 0.2) is 0 Å². The molecule has 106 valence electrons. The predicted octanol–water partition coefficient (Wildman–Crippen LogP) is 0.190. The fourth-order valence-electron chi connectivity index (χ4n) is 1.16. The first-order valence-electron chi connectivity index (χ1n) is 5.12. The fraction of sp³-hybridized carbons (Fsp3) is 0.556. The predicted molar refractivity (Wildman–Crippen MR) is 54.9 cm³/mol. The zero-order valence-electron chi connectivity index (χ0n) is 9.81. The van der Waals surface area contributed by atoms with E-state index >= 15 is 0 Å². The van der Waals surface area contributed by atoms with Gasteiger partial charge >= 0.3 is 12.1 Å². The highest BCUT2D eigenvalue weighted by molar-refractivity contribution is 5.87. The summed E-state index contributed by atoms with van der Waals surface area (Å²) in [4.78, 5) is 22.0. The summed E-state index contributed by atoms with van der Waals surface area (Å²) in [6.45, 7) is 0.391. The van der Waals surface area contributed by atoms with Crippen LogP contribution in [0, 0.1) is 0 Å². The highest BCUT2D eigenvalue weighted by Gasteiger charge is 2.58. The largest absolute Gasteiger partial charge is 0.479 e. The van der Waals surface area contributed by atoms with E-state index in [2.05, 4.69) is 10.3 Å². The van der Waals surface area contributed by atoms with Crippen molar-refractivity contribution in [2.45, 2.75) is 31.6 Å². The van der Waals surface area contributed by atoms with Crippen molar-refractivity contribution in [3.05, 3.63) is 12.4 Å². The Labute approximate surface area is 105 Å². The molecule has 2 N–H and O–H groups in total. The van der Waals surface area contributed by atoms with Crippen molar-refractivity contribution in [3.63, 3.8) is 0 Å². The molecule has 10 heteroatoms. The molecule has 1 amide bonds. The number of carboxylic acids is 1. The number of aliphatic carboxylic acids is 1. The molecule has 0 aliphatic carbocycles. The van der Waals surface area contributed by atoms with E-state index in [4.69, 9.17) is 5.11 Å². The van der Waals surface area contributed by atoms with Gasteiger partial charge in [-0.3, -0.25) is 9.48 Å². The van der Waals surface area contributed by atoms with Crippen LogP contribution in [0.3, 0.4) is 0 Å². The summed E-state index contributed by atoms with van der Waals surface area (Å²) in [5, 5.41) is 17.0. The van der Waals surface area contributed by atoms with Crippen LogP contribution in [0.5, 0.6) is 0 Å². The molecular weight excluding hydrogens is 269 g/mol. The Balaban J connectivity index is 2.65. The molecule has 0 aliphatic rings. The average molecular weight is 280 g/mol. The topological polar surface area (TPSA) is 97.1 Å². The van der Waals surface area contributed by atoms with E-state index < -0.39 is 23.6 Å². The van der Waals surface area contributed by atoms with Crippen LogP contribution in [-0.2, 0) is 16.1 Å². The molecule has 19 heavy (non-hydrogen) atoms. The minimum atomic E-state index is -5.10. The van der Waals surface area contributed by atoms with Crippen molar-refractivity contribution < 1.29 is 27.9 Å². The third kappa shape index (κ3) is 3.42. The summed E-state index contributed by atoms with van der Waals surface area (Å²) in [6.07, 6.45) is -2.67. The Kier molecular flexibility index (Phi) is 4.12. The average Bonchev–Trinajstić information content (AvgIpc) is 2.77. The lowest BCUT2D eigenvalue weighted by atomic mass is 10.0. The second-order valence-electron chi connectivity index (χ2n) is 3.89. The number of nitrogens with one attached hydrogen (secondary N) is 1. The second-order valence-corrected chi connectivity index (χ2v) is 3.89. The zero-order valence-corrected chi connectivity index (χ0v) is 9.81. The number of carbonyl (C=O) groups excluding carboxylic acids is 1. The molecular formula is C9H11F3N4O3. The SMILES string of the molecule is CC(NC(=O)CCn1ccnn1)(C(=O)O)C(F)(F)F. The number of carboxylic acid groups (broad SMARTS) is 1. The Hall–Kier alpha value is -2.13. The van der Waals surface area contributed by atoms with E-state index in [9.17, 15) is 22.8 Å². The van der Waals surface area contributed by atoms with E-state index in [0.717, 1.165) is 0 Å². The molecule has 0 spiro atoms. The van der Waals surface area contributed by atoms with Gasteiger partial charge in [0.1, 0.15) is 0 Å². The number of alkyl halides is 3. The van der Waals surface area contributed by atoms with Gasteiger partial charge in [0, 0.05) is 12.6 Å². The molecule has 0 bridgehead atoms. The normalized spacial score (nSPS) is 14.7. The Morgan fingerprint density at radius 2 is 2.05 bits per heavy atom. The number of amides is 1. The molecule has 0 aliphatic heterocycles. The van der Waals surface area contributed by atoms with Gasteiger partial charge in [-0.1, -0.05) is 5.21 Å². The summed E-state index contributed by atoms with van der Waals surface area (Å²) in [6, 6.07) is 0. The molecule has 1 unspecified atom stereocenters. The summed E-state index contributed by atoms with van der Waals surface area (Å²) < 4.78 is 39.1. The van der Waals surface area contributed by atoms with Gasteiger partial charge in [-0.2, -0.15) is 13.2 Å². The standard InChI is InChI=1S/C9H11F3N4O3/c1-8(7(18)19,9(10,11)12)14-6(17)2-4-16-5-3-13-15-16/h3,5H,2,4H2,1H3,(H,14,17)(H,18,19). The van der Waals surface area contributed by atoms with Gasteiger partial charge in [0.2, 0.25) is 11.4 Å². The van der Waals surface area contributed by atoms with Gasteiger partial charge in [0.25, 0.3) is 0 Å². The maximum atomic E-state index is 12.6. The molecule has 0 saturated carbocycles. The molecule has 1 atom stereocenters. The fourth-order valence-corrected chi connectivity index (χ4v) is 1.16. The maximum Gasteiger partial charge on any atom is 0.422 e. The van der Waals surface area contributed by atoms with E-state index in [1.807, 2.05) is 0 Å². The molecule has 1 rings (SSSR count). The highest BCUT2D eigenvalue weighted by Crippen LogP contribution is 2.30. The van der Waals surface area contributed by atoms with Gasteiger partial charge in [-0.15, -0.1) is 5.10 Å². The van der Waals surface area contributed by atoms with Crippen LogP contribution in [0.1, 0.15) is 13.3 Å². The highest BCUT2D eigenvalue weighted by atomic mass is 19.4. The molecule has 0 aromatic carbocycles. The second kappa shape index (κ2) is 5.24. The first-order valence-corrected chi connectivity index (χ1v) is 5.12. The van der Waals surface area contributed by atoms with E-state index in [-0.39, 0.29) is 13.0 Å². The Morgan fingerprint density at radius 3 is 2.47 bits per heavy atom. The van der Waals surface area contributed by atoms with Crippen LogP contribution in [-0.4, -0.2) is 43.7 Å². The number of nitrogens with zero attached hydrogens (tertiary/aromatic N) is 3. The van der Waals surface area contributed by atoms with Crippen LogP contribution >= 0.6 is 0 Å². The van der Waals surface area contributed by atoms with Gasteiger partial charge in [0.05, 0.1) is 12.7 Å². The maximum absolute atomic E-state index is 12.6. The Bertz CT molecular complexity index is 460. The van der Waals surface area contributed by atoms with Crippen molar-refractivity contribution in [3.8, 4) is 0 Å². The van der Waals surface area contributed by atoms with Crippen molar-refractivity contribution in [2.24, 2.45) is 0 Å². The van der Waals surface area contributed by atoms with E-state index in [1.54, 1.807) is 0 Å². The van der Waals surface area contributed by atoms with E-state index in [0.29, 0.717) is 6.92 Å². The zero-order chi connectivity index (χ0) is 14.7. The number of hydrogen-bond donors (Lipinski definition) is 2. The lowest BCUT2D eigenvalue weighted by Crippen LogP contribution is -2.61. The van der Waals surface area contributed by atoms with Crippen LogP contribution in [0.2, 0.25) is 0 Å². The lowest BCUT2D eigenvalue weighted by Gasteiger charge is -2.28. The molecule has 0 radical (unpaired) electrons. The van der Waals surface area contributed by atoms with Crippen molar-refractivity contribution >= 4 is 11.9 Å². The van der Waals surface area contributed by atoms with Crippen LogP contribution in [0.25, 0.3) is 0 Å². The monoisotopic (exact) mass is 280 g/mol. The van der Waals surface area contributed by atoms with E-state index in [1.165, 1.54) is 22.4 Å². The summed E-state index contributed by atoms with van der Waals surface area (Å²) in [7, 11) is 0. The summed E-state index contributed by atoms with van der Waals surface area (Å²) in [5.41, 5.74) is -3.31. The smallest absolute Gasteiger partial charge is 0.422 e. The van der Waals surface area contributed by atoms with Crippen LogP contribution in [0.4, 0.5) is 13.2 Å². The summed E-state index contributed by atoms with van der Waals surface area (Å²) >= 11 is 0. The first-order chi connectivity index (χ1) is 8.67. The summed E-state index contributed by atoms with van der Waals surface area (Å²) in [5.74, 6) is -3.22. The number of aryl methyl sites for hydroxylation is 1. The van der Waals surface area contributed by atoms with Gasteiger partial charge in [-0.25, -0.2) is 4.79 Å². The van der Waals surface area contributed by atoms with Gasteiger partial charge < -0.3 is 10.4 Å². The van der Waals surface area contributed by atoms with Crippen molar-refractivity contribution in [2.75, 3.05) is 0 Å². The molecule has 1 heterocycles. The quantitative estimate of drug-likeness (QED) is 0.802. The molecule has 0 saturated heterocycles. The molecule has 1 aromatic rings. The first kappa shape index (κ1) is 14.9. The number of hydrogen-bond acceptors (Lipinski definition) is 4. The van der Waals surface area contributed by atoms with Crippen LogP contribution < -0.4 is 5.32 Å². The Morgan fingerprint density at radius 1 is 1.42 bits per heavy atom. The lowest BCUT2D eigenvalue weighted by molar-refractivity contribution is -0.207. The van der Waals surface area contributed by atoms with Crippen molar-refractivity contribution in [1.82, 2.24) is 20.3 Å². The van der Waals surface area contributed by atoms with Gasteiger partial charge in [-0.05, 0) is 6.92 Å². The minimum absolute atomic E-state index is 0.000606. The third-order valence-electron chi connectivity index (χ3n) is 2.42. The number of carbonyl (C=O) groups is 2. The number of rotatable bonds is 5. The molecule has 0 fully saturated rings. The third-order valence-corrected chi connectivity index (χ3v) is 2.42. The van der Waals surface area contributed by atoms with Crippen LogP contribution in [0.15, 0.2) is 12.4 Å². The molecule has 7 nitrogen and oxygen atoms in total.